The molecule has 0 radical (unpaired) electrons. The van der Waals surface area contributed by atoms with Crippen LogP contribution in [0.25, 0.3) is 0 Å². The lowest BCUT2D eigenvalue weighted by Crippen LogP contribution is -2.25. The number of hydrogen-bond acceptors (Lipinski definition) is 6. The van der Waals surface area contributed by atoms with E-state index in [9.17, 15) is 4.79 Å². The fraction of sp³-hybridized carbons (Fsp3) is 0.231. The van der Waals surface area contributed by atoms with Gasteiger partial charge in [-0.05, 0) is 18.2 Å². The van der Waals surface area contributed by atoms with Gasteiger partial charge in [0.1, 0.15) is 0 Å². The summed E-state index contributed by atoms with van der Waals surface area (Å²) in [7, 11) is 0. The van der Waals surface area contributed by atoms with Gasteiger partial charge in [-0.25, -0.2) is 4.98 Å². The number of amides is 1. The zero-order valence-corrected chi connectivity index (χ0v) is 11.4. The highest BCUT2D eigenvalue weighted by Gasteiger charge is 2.15. The molecule has 1 aliphatic rings. The van der Waals surface area contributed by atoms with Crippen LogP contribution in [0.1, 0.15) is 16.1 Å². The average molecular weight is 291 g/mol. The van der Waals surface area contributed by atoms with Gasteiger partial charge in [0, 0.05) is 23.9 Å². The molecule has 104 valence electrons. The number of thiazole rings is 1. The van der Waals surface area contributed by atoms with Gasteiger partial charge in [0.05, 0.1) is 5.69 Å². The van der Waals surface area contributed by atoms with Crippen LogP contribution in [0.3, 0.4) is 0 Å². The minimum Gasteiger partial charge on any atom is -0.454 e. The molecular weight excluding hydrogens is 278 g/mol. The highest BCUT2D eigenvalue weighted by Crippen LogP contribution is 2.32. The van der Waals surface area contributed by atoms with Crippen LogP contribution in [0, 0.1) is 0 Å². The summed E-state index contributed by atoms with van der Waals surface area (Å²) >= 11 is 1.40. The number of benzene rings is 1. The highest BCUT2D eigenvalue weighted by molar-refractivity contribution is 7.13. The van der Waals surface area contributed by atoms with E-state index < -0.39 is 0 Å². The zero-order valence-electron chi connectivity index (χ0n) is 10.6. The van der Waals surface area contributed by atoms with Crippen molar-refractivity contribution in [3.8, 4) is 11.5 Å². The van der Waals surface area contributed by atoms with Gasteiger partial charge in [0.15, 0.2) is 16.6 Å². The molecule has 0 bridgehead atoms. The van der Waals surface area contributed by atoms with Crippen LogP contribution >= 0.6 is 11.3 Å². The number of nitrogen functional groups attached to an aromatic ring is 1. The number of ether oxygens (including phenoxy) is 2. The molecule has 0 unspecified atom stereocenters. The summed E-state index contributed by atoms with van der Waals surface area (Å²) in [5, 5.41) is 5.27. The number of anilines is 1. The van der Waals surface area contributed by atoms with E-state index in [1.165, 1.54) is 11.3 Å². The Kier molecular flexibility index (Phi) is 3.42. The lowest BCUT2D eigenvalue weighted by Gasteiger charge is -2.05. The van der Waals surface area contributed by atoms with Crippen molar-refractivity contribution in [2.45, 2.75) is 6.42 Å². The first-order chi connectivity index (χ1) is 9.72. The van der Waals surface area contributed by atoms with Gasteiger partial charge in [-0.15, -0.1) is 11.3 Å². The summed E-state index contributed by atoms with van der Waals surface area (Å²) in [6.45, 7) is 0.710. The van der Waals surface area contributed by atoms with Gasteiger partial charge in [-0.1, -0.05) is 0 Å². The van der Waals surface area contributed by atoms with Crippen LogP contribution in [-0.4, -0.2) is 24.2 Å². The van der Waals surface area contributed by atoms with Crippen molar-refractivity contribution in [1.29, 1.82) is 0 Å². The molecule has 0 fully saturated rings. The Balaban J connectivity index is 1.56. The molecule has 3 rings (SSSR count). The number of hydrogen-bond donors (Lipinski definition) is 2. The summed E-state index contributed by atoms with van der Waals surface area (Å²) in [5.41, 5.74) is 6.98. The SMILES string of the molecule is Nc1nc(CCNC(=O)c2ccc3c(c2)OCO3)cs1. The highest BCUT2D eigenvalue weighted by atomic mass is 32.1. The van der Waals surface area contributed by atoms with Gasteiger partial charge in [0.25, 0.3) is 5.91 Å². The third-order valence-electron chi connectivity index (χ3n) is 2.87. The second kappa shape index (κ2) is 5.38. The maximum Gasteiger partial charge on any atom is 0.251 e. The van der Waals surface area contributed by atoms with Crippen LogP contribution in [0.4, 0.5) is 5.13 Å². The Morgan fingerprint density at radius 2 is 2.25 bits per heavy atom. The topological polar surface area (TPSA) is 86.5 Å². The Morgan fingerprint density at radius 1 is 1.40 bits per heavy atom. The number of carbonyl (C=O) groups is 1. The molecule has 2 aromatic rings. The standard InChI is InChI=1S/C13H13N3O3S/c14-13-16-9(6-20-13)3-4-15-12(17)8-1-2-10-11(5-8)19-7-18-10/h1-2,5-6H,3-4,7H2,(H2,14,16)(H,15,17). The summed E-state index contributed by atoms with van der Waals surface area (Å²) < 4.78 is 10.4. The Morgan fingerprint density at radius 3 is 3.05 bits per heavy atom. The molecule has 6 nitrogen and oxygen atoms in total. The molecule has 0 aliphatic carbocycles. The van der Waals surface area contributed by atoms with E-state index in [2.05, 4.69) is 10.3 Å². The van der Waals surface area contributed by atoms with Crippen molar-refractivity contribution in [3.05, 3.63) is 34.8 Å². The maximum atomic E-state index is 12.0. The molecule has 1 aromatic carbocycles. The number of aromatic nitrogens is 1. The molecule has 1 aliphatic heterocycles. The van der Waals surface area contributed by atoms with Gasteiger partial charge >= 0.3 is 0 Å². The van der Waals surface area contributed by atoms with Crippen molar-refractivity contribution < 1.29 is 14.3 Å². The van der Waals surface area contributed by atoms with Crippen LogP contribution in [-0.2, 0) is 6.42 Å². The number of rotatable bonds is 4. The summed E-state index contributed by atoms with van der Waals surface area (Å²) in [4.78, 5) is 16.1. The lowest BCUT2D eigenvalue weighted by molar-refractivity contribution is 0.0953. The second-order valence-electron chi connectivity index (χ2n) is 4.25. The maximum absolute atomic E-state index is 12.0. The van der Waals surface area contributed by atoms with Crippen molar-refractivity contribution in [2.75, 3.05) is 19.1 Å². The molecule has 1 amide bonds. The first-order valence-electron chi connectivity index (χ1n) is 6.10. The van der Waals surface area contributed by atoms with Crippen molar-refractivity contribution >= 4 is 22.4 Å². The summed E-state index contributed by atoms with van der Waals surface area (Å²) in [6.07, 6.45) is 0.657. The van der Waals surface area contributed by atoms with Crippen LogP contribution in [0.2, 0.25) is 0 Å². The Bertz CT molecular complexity index is 642. The van der Waals surface area contributed by atoms with Crippen molar-refractivity contribution in [1.82, 2.24) is 10.3 Å². The van der Waals surface area contributed by atoms with E-state index in [0.29, 0.717) is 35.2 Å². The number of nitrogens with zero attached hydrogens (tertiary/aromatic N) is 1. The quantitative estimate of drug-likeness (QED) is 0.890. The number of fused-ring (bicyclic) bond motifs is 1. The number of carbonyl (C=O) groups excluding carboxylic acids is 1. The number of nitrogens with one attached hydrogen (secondary N) is 1. The monoisotopic (exact) mass is 291 g/mol. The predicted molar refractivity (Wildman–Crippen MR) is 75.1 cm³/mol. The van der Waals surface area contributed by atoms with E-state index >= 15 is 0 Å². The normalized spacial score (nSPS) is 12.4. The van der Waals surface area contributed by atoms with Crippen LogP contribution < -0.4 is 20.5 Å². The third-order valence-corrected chi connectivity index (χ3v) is 3.59. The molecular formula is C13H13N3O3S. The minimum absolute atomic E-state index is 0.147. The van der Waals surface area contributed by atoms with E-state index in [0.717, 1.165) is 5.69 Å². The van der Waals surface area contributed by atoms with E-state index in [4.69, 9.17) is 15.2 Å². The molecule has 2 heterocycles. The fourth-order valence-corrected chi connectivity index (χ4v) is 2.48. The Labute approximate surface area is 119 Å². The first kappa shape index (κ1) is 12.7. The molecule has 20 heavy (non-hydrogen) atoms. The Hall–Kier alpha value is -2.28. The van der Waals surface area contributed by atoms with Crippen LogP contribution in [0.5, 0.6) is 11.5 Å². The first-order valence-corrected chi connectivity index (χ1v) is 6.98. The fourth-order valence-electron chi connectivity index (χ4n) is 1.88. The van der Waals surface area contributed by atoms with Gasteiger partial charge in [-0.2, -0.15) is 0 Å². The predicted octanol–water partition coefficient (Wildman–Crippen LogP) is 1.43. The summed E-state index contributed by atoms with van der Waals surface area (Å²) in [6, 6.07) is 5.13. The van der Waals surface area contributed by atoms with Gasteiger partial charge in [-0.3, -0.25) is 4.79 Å². The van der Waals surface area contributed by atoms with E-state index in [-0.39, 0.29) is 12.7 Å². The summed E-state index contributed by atoms with van der Waals surface area (Å²) in [5.74, 6) is 1.12. The average Bonchev–Trinajstić information content (AvgIpc) is 3.06. The second-order valence-corrected chi connectivity index (χ2v) is 5.14. The van der Waals surface area contributed by atoms with E-state index in [1.54, 1.807) is 18.2 Å². The van der Waals surface area contributed by atoms with Gasteiger partial charge < -0.3 is 20.5 Å². The molecule has 0 atom stereocenters. The van der Waals surface area contributed by atoms with Crippen molar-refractivity contribution in [2.24, 2.45) is 0 Å². The third kappa shape index (κ3) is 2.67. The van der Waals surface area contributed by atoms with Crippen LogP contribution in [0.15, 0.2) is 23.6 Å². The van der Waals surface area contributed by atoms with E-state index in [1.807, 2.05) is 5.38 Å². The molecule has 7 heteroatoms. The molecule has 0 saturated carbocycles. The van der Waals surface area contributed by atoms with Crippen molar-refractivity contribution in [3.63, 3.8) is 0 Å². The minimum atomic E-state index is -0.147. The molecule has 0 saturated heterocycles. The largest absolute Gasteiger partial charge is 0.454 e. The molecule has 0 spiro atoms. The molecule has 3 N–H and O–H groups in total. The zero-order chi connectivity index (χ0) is 13.9. The molecule has 1 aromatic heterocycles. The van der Waals surface area contributed by atoms with Gasteiger partial charge in [0.2, 0.25) is 6.79 Å². The number of nitrogens with two attached hydrogens (primary N) is 1. The smallest absolute Gasteiger partial charge is 0.251 e. The lowest BCUT2D eigenvalue weighted by atomic mass is 10.2.